The normalized spacial score (nSPS) is 10.6. The number of amides is 1. The second-order valence-corrected chi connectivity index (χ2v) is 5.51. The van der Waals surface area contributed by atoms with E-state index in [4.69, 9.17) is 5.11 Å². The predicted octanol–water partition coefficient (Wildman–Crippen LogP) is 2.26. The van der Waals surface area contributed by atoms with Crippen molar-refractivity contribution in [3.05, 3.63) is 34.9 Å². The Morgan fingerprint density at radius 1 is 1.37 bits per heavy atom. The Balaban J connectivity index is 2.98. The summed E-state index contributed by atoms with van der Waals surface area (Å²) in [5, 5.41) is 11.6. The van der Waals surface area contributed by atoms with Crippen LogP contribution in [-0.4, -0.2) is 23.2 Å². The van der Waals surface area contributed by atoms with Gasteiger partial charge < -0.3 is 10.4 Å². The molecule has 3 nitrogen and oxygen atoms in total. The summed E-state index contributed by atoms with van der Waals surface area (Å²) in [6.45, 7) is 7.81. The minimum Gasteiger partial charge on any atom is -0.395 e. The van der Waals surface area contributed by atoms with E-state index >= 15 is 0 Å². The Labute approximate surface area is 115 Å². The molecule has 0 aliphatic heterocycles. The maximum atomic E-state index is 12.2. The Hall–Kier alpha value is -1.79. The van der Waals surface area contributed by atoms with Gasteiger partial charge in [0.1, 0.15) is 0 Å². The molecular formula is C16H21NO2. The fourth-order valence-corrected chi connectivity index (χ4v) is 1.57. The maximum Gasteiger partial charge on any atom is 0.251 e. The van der Waals surface area contributed by atoms with Crippen molar-refractivity contribution in [2.45, 2.75) is 39.7 Å². The largest absolute Gasteiger partial charge is 0.395 e. The van der Waals surface area contributed by atoms with Crippen LogP contribution in [0.4, 0.5) is 0 Å². The fourth-order valence-electron chi connectivity index (χ4n) is 1.57. The number of aliphatic hydroxyl groups is 1. The number of hydrogen-bond acceptors (Lipinski definition) is 2. The number of aliphatic hydroxyl groups excluding tert-OH is 1. The van der Waals surface area contributed by atoms with E-state index in [1.54, 1.807) is 6.07 Å². The topological polar surface area (TPSA) is 49.3 Å². The summed E-state index contributed by atoms with van der Waals surface area (Å²) in [6, 6.07) is 5.56. The number of carbonyl (C=O) groups excluding carboxylic acids is 1. The molecule has 3 heteroatoms. The van der Waals surface area contributed by atoms with Gasteiger partial charge in [-0.1, -0.05) is 17.9 Å². The highest BCUT2D eigenvalue weighted by atomic mass is 16.2. The molecule has 0 atom stereocenters. The first kappa shape index (κ1) is 15.3. The van der Waals surface area contributed by atoms with Gasteiger partial charge in [-0.05, 0) is 45.4 Å². The van der Waals surface area contributed by atoms with E-state index in [0.29, 0.717) is 12.0 Å². The standard InChI is InChI=1S/C16H21NO2/c1-12-8-9-13(7-5-6-10-18)11-14(12)15(19)17-16(2,3)4/h8-9,11,18H,6,10H2,1-4H3,(H,17,19). The van der Waals surface area contributed by atoms with Gasteiger partial charge in [0, 0.05) is 23.1 Å². The van der Waals surface area contributed by atoms with Gasteiger partial charge in [0.05, 0.1) is 6.61 Å². The van der Waals surface area contributed by atoms with Crippen LogP contribution in [0.2, 0.25) is 0 Å². The maximum absolute atomic E-state index is 12.2. The van der Waals surface area contributed by atoms with Gasteiger partial charge in [-0.2, -0.15) is 0 Å². The van der Waals surface area contributed by atoms with Crippen LogP contribution in [0.3, 0.4) is 0 Å². The molecule has 0 saturated heterocycles. The van der Waals surface area contributed by atoms with E-state index in [1.165, 1.54) is 0 Å². The van der Waals surface area contributed by atoms with E-state index in [2.05, 4.69) is 17.2 Å². The van der Waals surface area contributed by atoms with Gasteiger partial charge in [0.15, 0.2) is 0 Å². The van der Waals surface area contributed by atoms with E-state index in [-0.39, 0.29) is 18.1 Å². The van der Waals surface area contributed by atoms with Crippen LogP contribution >= 0.6 is 0 Å². The highest BCUT2D eigenvalue weighted by Gasteiger charge is 2.16. The van der Waals surface area contributed by atoms with Gasteiger partial charge in [0.2, 0.25) is 0 Å². The minimum absolute atomic E-state index is 0.0518. The fraction of sp³-hybridized carbons (Fsp3) is 0.438. The molecule has 0 aliphatic carbocycles. The first-order valence-electron chi connectivity index (χ1n) is 6.36. The summed E-state index contributed by atoms with van der Waals surface area (Å²) < 4.78 is 0. The zero-order valence-corrected chi connectivity index (χ0v) is 12.0. The van der Waals surface area contributed by atoms with Crippen molar-refractivity contribution in [1.29, 1.82) is 0 Å². The average Bonchev–Trinajstić information content (AvgIpc) is 2.29. The monoisotopic (exact) mass is 259 g/mol. The number of rotatable bonds is 2. The van der Waals surface area contributed by atoms with Crippen molar-refractivity contribution < 1.29 is 9.90 Å². The van der Waals surface area contributed by atoms with E-state index in [9.17, 15) is 4.79 Å². The quantitative estimate of drug-likeness (QED) is 0.800. The van der Waals surface area contributed by atoms with Crippen molar-refractivity contribution in [3.63, 3.8) is 0 Å². The zero-order chi connectivity index (χ0) is 14.5. The SMILES string of the molecule is Cc1ccc(C#CCCO)cc1C(=O)NC(C)(C)C. The van der Waals surface area contributed by atoms with Gasteiger partial charge in [-0.3, -0.25) is 4.79 Å². The number of nitrogens with one attached hydrogen (secondary N) is 1. The summed E-state index contributed by atoms with van der Waals surface area (Å²) >= 11 is 0. The second kappa shape index (κ2) is 6.40. The summed E-state index contributed by atoms with van der Waals surface area (Å²) in [4.78, 5) is 12.2. The molecule has 1 aromatic carbocycles. The Bertz CT molecular complexity index is 516. The third kappa shape index (κ3) is 5.15. The molecule has 19 heavy (non-hydrogen) atoms. The molecule has 0 saturated carbocycles. The minimum atomic E-state index is -0.262. The molecule has 0 spiro atoms. The van der Waals surface area contributed by atoms with Crippen molar-refractivity contribution in [2.24, 2.45) is 0 Å². The highest BCUT2D eigenvalue weighted by Crippen LogP contribution is 2.12. The number of carbonyl (C=O) groups is 1. The molecule has 0 bridgehead atoms. The van der Waals surface area contributed by atoms with Gasteiger partial charge in [0.25, 0.3) is 5.91 Å². The van der Waals surface area contributed by atoms with Crippen LogP contribution in [0.25, 0.3) is 0 Å². The predicted molar refractivity (Wildman–Crippen MR) is 77.0 cm³/mol. The van der Waals surface area contributed by atoms with E-state index in [1.807, 2.05) is 39.8 Å². The molecule has 1 amide bonds. The Morgan fingerprint density at radius 3 is 2.63 bits per heavy atom. The van der Waals surface area contributed by atoms with Crippen LogP contribution in [-0.2, 0) is 0 Å². The van der Waals surface area contributed by atoms with Gasteiger partial charge >= 0.3 is 0 Å². The zero-order valence-electron chi connectivity index (χ0n) is 12.0. The van der Waals surface area contributed by atoms with E-state index < -0.39 is 0 Å². The van der Waals surface area contributed by atoms with Crippen LogP contribution in [0, 0.1) is 18.8 Å². The molecule has 0 radical (unpaired) electrons. The molecule has 102 valence electrons. The third-order valence-corrected chi connectivity index (χ3v) is 2.44. The van der Waals surface area contributed by atoms with Gasteiger partial charge in [-0.25, -0.2) is 0 Å². The summed E-state index contributed by atoms with van der Waals surface area (Å²) in [6.07, 6.45) is 0.442. The first-order chi connectivity index (χ1) is 8.83. The van der Waals surface area contributed by atoms with Crippen molar-refractivity contribution >= 4 is 5.91 Å². The molecule has 0 aliphatic rings. The molecule has 1 aromatic rings. The van der Waals surface area contributed by atoms with Gasteiger partial charge in [-0.15, -0.1) is 0 Å². The average molecular weight is 259 g/mol. The number of hydrogen-bond donors (Lipinski definition) is 2. The molecule has 1 rings (SSSR count). The summed E-state index contributed by atoms with van der Waals surface area (Å²) in [5.41, 5.74) is 2.10. The van der Waals surface area contributed by atoms with Crippen LogP contribution in [0.5, 0.6) is 0 Å². The highest BCUT2D eigenvalue weighted by molar-refractivity contribution is 5.96. The molecule has 0 unspecified atom stereocenters. The van der Waals surface area contributed by atoms with Crippen LogP contribution in [0.15, 0.2) is 18.2 Å². The smallest absolute Gasteiger partial charge is 0.251 e. The lowest BCUT2D eigenvalue weighted by Gasteiger charge is -2.21. The lowest BCUT2D eigenvalue weighted by molar-refractivity contribution is 0.0919. The van der Waals surface area contributed by atoms with Crippen molar-refractivity contribution in [3.8, 4) is 11.8 Å². The molecule has 0 fully saturated rings. The number of aryl methyl sites for hydroxylation is 1. The van der Waals surface area contributed by atoms with Crippen LogP contribution in [0.1, 0.15) is 48.7 Å². The lowest BCUT2D eigenvalue weighted by atomic mass is 10.0. The van der Waals surface area contributed by atoms with E-state index in [0.717, 1.165) is 11.1 Å². The molecular weight excluding hydrogens is 238 g/mol. The molecule has 0 heterocycles. The third-order valence-electron chi connectivity index (χ3n) is 2.44. The number of benzene rings is 1. The molecule has 2 N–H and O–H groups in total. The lowest BCUT2D eigenvalue weighted by Crippen LogP contribution is -2.40. The second-order valence-electron chi connectivity index (χ2n) is 5.51. The van der Waals surface area contributed by atoms with Crippen molar-refractivity contribution in [1.82, 2.24) is 5.32 Å². The summed E-state index contributed by atoms with van der Waals surface area (Å²) in [7, 11) is 0. The van der Waals surface area contributed by atoms with Crippen molar-refractivity contribution in [2.75, 3.05) is 6.61 Å². The van der Waals surface area contributed by atoms with Crippen LogP contribution < -0.4 is 5.32 Å². The Kier molecular flexibility index (Phi) is 5.14. The first-order valence-corrected chi connectivity index (χ1v) is 6.36. The Morgan fingerprint density at radius 2 is 2.05 bits per heavy atom. The summed E-state index contributed by atoms with van der Waals surface area (Å²) in [5.74, 6) is 5.71. The molecule has 0 aromatic heterocycles.